The van der Waals surface area contributed by atoms with Gasteiger partial charge < -0.3 is 14.8 Å². The van der Waals surface area contributed by atoms with E-state index < -0.39 is 21.8 Å². The summed E-state index contributed by atoms with van der Waals surface area (Å²) in [6, 6.07) is 10.5. The van der Waals surface area contributed by atoms with Gasteiger partial charge in [-0.3, -0.25) is 4.79 Å². The van der Waals surface area contributed by atoms with Gasteiger partial charge in [0.15, 0.2) is 11.5 Å². The van der Waals surface area contributed by atoms with Gasteiger partial charge >= 0.3 is 0 Å². The summed E-state index contributed by atoms with van der Waals surface area (Å²) in [6.07, 6.45) is 2.74. The molecule has 7 nitrogen and oxygen atoms in total. The zero-order valence-corrected chi connectivity index (χ0v) is 19.2. The molecule has 3 rings (SSSR count). The first kappa shape index (κ1) is 24.0. The van der Waals surface area contributed by atoms with Crippen LogP contribution in [0.2, 0.25) is 0 Å². The smallest absolute Gasteiger partial charge is 0.243 e. The van der Waals surface area contributed by atoms with Crippen LogP contribution in [0.1, 0.15) is 24.8 Å². The first-order valence-corrected chi connectivity index (χ1v) is 12.0. The Labute approximate surface area is 188 Å². The molecule has 0 saturated carbocycles. The number of methoxy groups -OCH3 is 2. The number of carbonyl (C=O) groups is 1. The highest BCUT2D eigenvalue weighted by molar-refractivity contribution is 7.89. The van der Waals surface area contributed by atoms with E-state index in [1.54, 1.807) is 14.2 Å². The highest BCUT2D eigenvalue weighted by Gasteiger charge is 2.33. The molecule has 0 radical (unpaired) electrons. The number of piperidine rings is 1. The summed E-state index contributed by atoms with van der Waals surface area (Å²) in [7, 11) is -0.578. The van der Waals surface area contributed by atoms with Gasteiger partial charge in [-0.15, -0.1) is 0 Å². The number of sulfonamides is 1. The number of ether oxygens (including phenoxy) is 2. The van der Waals surface area contributed by atoms with Crippen molar-refractivity contribution < 1.29 is 27.1 Å². The highest BCUT2D eigenvalue weighted by Crippen LogP contribution is 2.28. The van der Waals surface area contributed by atoms with Gasteiger partial charge in [0.05, 0.1) is 25.0 Å². The van der Waals surface area contributed by atoms with Crippen molar-refractivity contribution in [1.82, 2.24) is 9.62 Å². The average Bonchev–Trinajstić information content (AvgIpc) is 2.81. The molecule has 1 aliphatic rings. The minimum atomic E-state index is -3.75. The Balaban J connectivity index is 1.50. The topological polar surface area (TPSA) is 84.9 Å². The molecular weight excluding hydrogens is 435 g/mol. The van der Waals surface area contributed by atoms with E-state index in [0.717, 1.165) is 30.5 Å². The molecule has 9 heteroatoms. The lowest BCUT2D eigenvalue weighted by Crippen LogP contribution is -2.45. The zero-order chi connectivity index (χ0) is 23.1. The normalized spacial score (nSPS) is 17.0. The van der Waals surface area contributed by atoms with Crippen LogP contribution < -0.4 is 14.8 Å². The maximum absolute atomic E-state index is 13.1. The summed E-state index contributed by atoms with van der Waals surface area (Å²) in [4.78, 5) is 12.7. The quantitative estimate of drug-likeness (QED) is 0.577. The van der Waals surface area contributed by atoms with E-state index in [2.05, 4.69) is 5.32 Å². The fraction of sp³-hybridized carbons (Fsp3) is 0.435. The summed E-state index contributed by atoms with van der Waals surface area (Å²) >= 11 is 0. The van der Waals surface area contributed by atoms with E-state index in [-0.39, 0.29) is 17.3 Å². The van der Waals surface area contributed by atoms with Crippen LogP contribution in [-0.4, -0.2) is 52.5 Å². The Bertz CT molecular complexity index is 1030. The minimum absolute atomic E-state index is 0.0369. The van der Waals surface area contributed by atoms with Crippen LogP contribution in [0.3, 0.4) is 0 Å². The molecule has 174 valence electrons. The fourth-order valence-electron chi connectivity index (χ4n) is 3.81. The molecule has 1 amide bonds. The first-order chi connectivity index (χ1) is 15.3. The van der Waals surface area contributed by atoms with Crippen molar-refractivity contribution in [2.75, 3.05) is 33.9 Å². The lowest BCUT2D eigenvalue weighted by molar-refractivity contribution is -0.126. The van der Waals surface area contributed by atoms with Crippen molar-refractivity contribution in [2.45, 2.75) is 30.6 Å². The molecule has 1 atom stereocenters. The van der Waals surface area contributed by atoms with Crippen LogP contribution in [0, 0.1) is 11.7 Å². The summed E-state index contributed by atoms with van der Waals surface area (Å²) < 4.78 is 50.7. The SMILES string of the molecule is COc1ccc(CCCNC(=O)[C@@H]2CCCN(S(=O)(=O)c3ccc(F)cc3)C2)cc1OC. The summed E-state index contributed by atoms with van der Waals surface area (Å²) in [6.45, 7) is 0.971. The van der Waals surface area contributed by atoms with Crippen molar-refractivity contribution in [3.63, 3.8) is 0 Å². The van der Waals surface area contributed by atoms with Crippen molar-refractivity contribution >= 4 is 15.9 Å². The van der Waals surface area contributed by atoms with Crippen LogP contribution in [-0.2, 0) is 21.2 Å². The van der Waals surface area contributed by atoms with Gasteiger partial charge in [-0.05, 0) is 67.6 Å². The predicted molar refractivity (Wildman–Crippen MR) is 119 cm³/mol. The van der Waals surface area contributed by atoms with Gasteiger partial charge in [0.25, 0.3) is 0 Å². The number of hydrogen-bond acceptors (Lipinski definition) is 5. The number of carbonyl (C=O) groups excluding carboxylic acids is 1. The molecule has 2 aromatic rings. The molecule has 1 saturated heterocycles. The lowest BCUT2D eigenvalue weighted by Gasteiger charge is -2.31. The van der Waals surface area contributed by atoms with Gasteiger partial charge in [-0.1, -0.05) is 6.07 Å². The standard InChI is InChI=1S/C23H29FN2O5S/c1-30-21-12-7-17(15-22(21)31-2)5-3-13-25-23(27)18-6-4-14-26(16-18)32(28,29)20-10-8-19(24)9-11-20/h7-12,15,18H,3-6,13-14,16H2,1-2H3,(H,25,27)/t18-/m1/s1. The van der Waals surface area contributed by atoms with Gasteiger partial charge in [-0.25, -0.2) is 12.8 Å². The number of rotatable bonds is 9. The minimum Gasteiger partial charge on any atom is -0.493 e. The molecule has 1 aliphatic heterocycles. The van der Waals surface area contributed by atoms with Gasteiger partial charge in [-0.2, -0.15) is 4.31 Å². The highest BCUT2D eigenvalue weighted by atomic mass is 32.2. The average molecular weight is 465 g/mol. The molecule has 0 spiro atoms. The van der Waals surface area contributed by atoms with E-state index in [1.807, 2.05) is 18.2 Å². The number of halogens is 1. The molecule has 0 bridgehead atoms. The Morgan fingerprint density at radius 2 is 1.84 bits per heavy atom. The van der Waals surface area contributed by atoms with E-state index >= 15 is 0 Å². The van der Waals surface area contributed by atoms with Crippen LogP contribution in [0.25, 0.3) is 0 Å². The monoisotopic (exact) mass is 464 g/mol. The number of nitrogens with zero attached hydrogens (tertiary/aromatic N) is 1. The predicted octanol–water partition coefficient (Wildman–Crippen LogP) is 2.99. The lowest BCUT2D eigenvalue weighted by atomic mass is 9.99. The number of aryl methyl sites for hydroxylation is 1. The second-order valence-electron chi connectivity index (χ2n) is 7.74. The molecule has 0 aliphatic carbocycles. The number of hydrogen-bond donors (Lipinski definition) is 1. The van der Waals surface area contributed by atoms with Crippen molar-refractivity contribution in [3.05, 3.63) is 53.8 Å². The summed E-state index contributed by atoms with van der Waals surface area (Å²) in [5.74, 6) is 0.296. The molecule has 1 heterocycles. The second-order valence-corrected chi connectivity index (χ2v) is 9.68. The van der Waals surface area contributed by atoms with Gasteiger partial charge in [0.2, 0.25) is 15.9 Å². The zero-order valence-electron chi connectivity index (χ0n) is 18.3. The second kappa shape index (κ2) is 10.8. The summed E-state index contributed by atoms with van der Waals surface area (Å²) in [5, 5.41) is 2.93. The van der Waals surface area contributed by atoms with Crippen molar-refractivity contribution in [2.24, 2.45) is 5.92 Å². The third-order valence-electron chi connectivity index (χ3n) is 5.60. The maximum Gasteiger partial charge on any atom is 0.243 e. The third-order valence-corrected chi connectivity index (χ3v) is 7.48. The summed E-state index contributed by atoms with van der Waals surface area (Å²) in [5.41, 5.74) is 1.08. The largest absolute Gasteiger partial charge is 0.493 e. The van der Waals surface area contributed by atoms with Crippen LogP contribution in [0.15, 0.2) is 47.4 Å². The Morgan fingerprint density at radius 3 is 2.53 bits per heavy atom. The van der Waals surface area contributed by atoms with E-state index in [4.69, 9.17) is 9.47 Å². The molecule has 1 N–H and O–H groups in total. The fourth-order valence-corrected chi connectivity index (χ4v) is 5.34. The number of benzene rings is 2. The van der Waals surface area contributed by atoms with Crippen molar-refractivity contribution in [3.8, 4) is 11.5 Å². The molecule has 1 fully saturated rings. The maximum atomic E-state index is 13.1. The van der Waals surface area contributed by atoms with Crippen molar-refractivity contribution in [1.29, 1.82) is 0 Å². The molecule has 0 unspecified atom stereocenters. The number of nitrogens with one attached hydrogen (secondary N) is 1. The third kappa shape index (κ3) is 5.77. The van der Waals surface area contributed by atoms with Gasteiger partial charge in [0, 0.05) is 19.6 Å². The van der Waals surface area contributed by atoms with Crippen LogP contribution in [0.4, 0.5) is 4.39 Å². The Hall–Kier alpha value is -2.65. The molecular formula is C23H29FN2O5S. The molecule has 0 aromatic heterocycles. The van der Waals surface area contributed by atoms with E-state index in [0.29, 0.717) is 37.4 Å². The molecule has 2 aromatic carbocycles. The number of amides is 1. The Morgan fingerprint density at radius 1 is 1.12 bits per heavy atom. The van der Waals surface area contributed by atoms with E-state index in [9.17, 15) is 17.6 Å². The first-order valence-electron chi connectivity index (χ1n) is 10.6. The van der Waals surface area contributed by atoms with Crippen LogP contribution >= 0.6 is 0 Å². The Kier molecular flexibility index (Phi) is 8.09. The van der Waals surface area contributed by atoms with E-state index in [1.165, 1.54) is 16.4 Å². The van der Waals surface area contributed by atoms with Crippen LogP contribution in [0.5, 0.6) is 11.5 Å². The molecule has 32 heavy (non-hydrogen) atoms. The van der Waals surface area contributed by atoms with Gasteiger partial charge in [0.1, 0.15) is 5.82 Å².